The van der Waals surface area contributed by atoms with Crippen molar-refractivity contribution in [2.24, 2.45) is 5.73 Å². The van der Waals surface area contributed by atoms with Gasteiger partial charge in [-0.05, 0) is 61.2 Å². The van der Waals surface area contributed by atoms with Crippen molar-refractivity contribution in [1.82, 2.24) is 0 Å². The van der Waals surface area contributed by atoms with Crippen molar-refractivity contribution < 1.29 is 4.74 Å². The fraction of sp³-hybridized carbons (Fsp3) is 0.235. The number of hydrogen-bond donors (Lipinski definition) is 2. The van der Waals surface area contributed by atoms with Crippen molar-refractivity contribution in [2.75, 3.05) is 0 Å². The normalized spacial score (nSPS) is 10.5. The molecule has 0 heterocycles. The van der Waals surface area contributed by atoms with Gasteiger partial charge in [0, 0.05) is 10.0 Å². The third-order valence-electron chi connectivity index (χ3n) is 3.46. The van der Waals surface area contributed by atoms with Crippen LogP contribution in [0.5, 0.6) is 5.75 Å². The maximum atomic E-state index is 7.45. The largest absolute Gasteiger partial charge is 0.489 e. The molecule has 0 fully saturated rings. The van der Waals surface area contributed by atoms with E-state index in [1.54, 1.807) is 0 Å². The number of halogens is 1. The Bertz CT molecular complexity index is 672. The number of hydrogen-bond acceptors (Lipinski definition) is 2. The molecule has 0 aliphatic carbocycles. The molecule has 21 heavy (non-hydrogen) atoms. The standard InChI is InChI=1S/C17H19BrN2O/c1-10-6-13(17(19)20)4-5-14(10)9-21-15-7-11(2)16(18)12(3)8-15/h4-8H,9H2,1-3H3,(H3,19,20). The second-order valence-electron chi connectivity index (χ2n) is 5.21. The van der Waals surface area contributed by atoms with Gasteiger partial charge >= 0.3 is 0 Å². The molecule has 0 saturated carbocycles. The molecule has 0 bridgehead atoms. The third kappa shape index (κ3) is 3.64. The lowest BCUT2D eigenvalue weighted by Gasteiger charge is -2.12. The number of benzene rings is 2. The molecule has 0 radical (unpaired) electrons. The summed E-state index contributed by atoms with van der Waals surface area (Å²) >= 11 is 3.55. The number of nitrogen functional groups attached to an aromatic ring is 1. The molecule has 2 aromatic carbocycles. The molecule has 3 nitrogen and oxygen atoms in total. The minimum atomic E-state index is 0.0877. The van der Waals surface area contributed by atoms with Gasteiger partial charge in [0.2, 0.25) is 0 Å². The molecular formula is C17H19BrN2O. The Labute approximate surface area is 133 Å². The van der Waals surface area contributed by atoms with E-state index in [4.69, 9.17) is 15.9 Å². The van der Waals surface area contributed by atoms with Crippen LogP contribution in [0.2, 0.25) is 0 Å². The van der Waals surface area contributed by atoms with Crippen LogP contribution in [0.15, 0.2) is 34.8 Å². The Balaban J connectivity index is 2.15. The number of amidine groups is 1. The highest BCUT2D eigenvalue weighted by atomic mass is 79.9. The van der Waals surface area contributed by atoms with Crippen LogP contribution in [-0.2, 0) is 6.61 Å². The Morgan fingerprint density at radius 1 is 1.10 bits per heavy atom. The van der Waals surface area contributed by atoms with Gasteiger partial charge in [-0.1, -0.05) is 28.1 Å². The summed E-state index contributed by atoms with van der Waals surface area (Å²) in [6.07, 6.45) is 0. The van der Waals surface area contributed by atoms with Crippen molar-refractivity contribution in [3.05, 3.63) is 62.6 Å². The molecule has 0 saturated heterocycles. The summed E-state index contributed by atoms with van der Waals surface area (Å²) in [7, 11) is 0. The molecule has 0 atom stereocenters. The monoisotopic (exact) mass is 346 g/mol. The summed E-state index contributed by atoms with van der Waals surface area (Å²) in [5.41, 5.74) is 10.7. The number of nitrogens with two attached hydrogens (primary N) is 1. The van der Waals surface area contributed by atoms with Gasteiger partial charge in [0.1, 0.15) is 18.2 Å². The Morgan fingerprint density at radius 2 is 1.71 bits per heavy atom. The number of nitrogens with one attached hydrogen (secondary N) is 1. The highest BCUT2D eigenvalue weighted by molar-refractivity contribution is 9.10. The average molecular weight is 347 g/mol. The zero-order chi connectivity index (χ0) is 15.6. The summed E-state index contributed by atoms with van der Waals surface area (Å²) in [5.74, 6) is 0.952. The summed E-state index contributed by atoms with van der Waals surface area (Å²) in [6.45, 7) is 6.61. The van der Waals surface area contributed by atoms with Gasteiger partial charge in [-0.3, -0.25) is 5.41 Å². The first-order valence-corrected chi connectivity index (χ1v) is 7.51. The van der Waals surface area contributed by atoms with Gasteiger partial charge < -0.3 is 10.5 Å². The molecule has 0 unspecified atom stereocenters. The number of rotatable bonds is 4. The molecule has 0 spiro atoms. The topological polar surface area (TPSA) is 59.1 Å². The third-order valence-corrected chi connectivity index (χ3v) is 4.71. The lowest BCUT2D eigenvalue weighted by Crippen LogP contribution is -2.11. The first-order chi connectivity index (χ1) is 9.88. The molecule has 2 rings (SSSR count). The lowest BCUT2D eigenvalue weighted by molar-refractivity contribution is 0.305. The van der Waals surface area contributed by atoms with Gasteiger partial charge in [0.05, 0.1) is 0 Å². The van der Waals surface area contributed by atoms with Crippen molar-refractivity contribution in [3.8, 4) is 5.75 Å². The van der Waals surface area contributed by atoms with Crippen LogP contribution in [-0.4, -0.2) is 5.84 Å². The van der Waals surface area contributed by atoms with Crippen LogP contribution in [0.3, 0.4) is 0 Å². The smallest absolute Gasteiger partial charge is 0.122 e. The molecule has 3 N–H and O–H groups in total. The second kappa shape index (κ2) is 6.31. The Morgan fingerprint density at radius 3 is 2.24 bits per heavy atom. The zero-order valence-corrected chi connectivity index (χ0v) is 14.0. The fourth-order valence-corrected chi connectivity index (χ4v) is 2.40. The van der Waals surface area contributed by atoms with E-state index in [-0.39, 0.29) is 5.84 Å². The minimum absolute atomic E-state index is 0.0877. The van der Waals surface area contributed by atoms with Crippen molar-refractivity contribution in [1.29, 1.82) is 5.41 Å². The van der Waals surface area contributed by atoms with Crippen LogP contribution in [0.25, 0.3) is 0 Å². The SMILES string of the molecule is Cc1cc(C(=N)N)ccc1COc1cc(C)c(Br)c(C)c1. The van der Waals surface area contributed by atoms with E-state index in [0.29, 0.717) is 6.61 Å². The van der Waals surface area contributed by atoms with Crippen LogP contribution >= 0.6 is 15.9 Å². The van der Waals surface area contributed by atoms with E-state index in [9.17, 15) is 0 Å². The molecule has 4 heteroatoms. The first-order valence-electron chi connectivity index (χ1n) is 6.72. The Kier molecular flexibility index (Phi) is 4.68. The minimum Gasteiger partial charge on any atom is -0.489 e. The summed E-state index contributed by atoms with van der Waals surface area (Å²) < 4.78 is 7.01. The number of aryl methyl sites for hydroxylation is 3. The first kappa shape index (κ1) is 15.6. The van der Waals surface area contributed by atoms with E-state index in [1.165, 1.54) is 0 Å². The molecule has 0 aliphatic rings. The maximum absolute atomic E-state index is 7.45. The van der Waals surface area contributed by atoms with Crippen LogP contribution in [0.4, 0.5) is 0 Å². The van der Waals surface area contributed by atoms with Crippen LogP contribution < -0.4 is 10.5 Å². The van der Waals surface area contributed by atoms with Gasteiger partial charge in [0.15, 0.2) is 0 Å². The quantitative estimate of drug-likeness (QED) is 0.642. The van der Waals surface area contributed by atoms with Crippen LogP contribution in [0, 0.1) is 26.2 Å². The molecule has 0 aromatic heterocycles. The molecule has 2 aromatic rings. The van der Waals surface area contributed by atoms with Crippen molar-refractivity contribution in [3.63, 3.8) is 0 Å². The van der Waals surface area contributed by atoms with E-state index in [2.05, 4.69) is 29.8 Å². The average Bonchev–Trinajstić information content (AvgIpc) is 2.43. The van der Waals surface area contributed by atoms with Gasteiger partial charge in [0.25, 0.3) is 0 Å². The van der Waals surface area contributed by atoms with Crippen molar-refractivity contribution >= 4 is 21.8 Å². The van der Waals surface area contributed by atoms with E-state index in [1.807, 2.05) is 37.3 Å². The molecular weight excluding hydrogens is 328 g/mol. The molecule has 0 amide bonds. The predicted molar refractivity (Wildman–Crippen MR) is 90.1 cm³/mol. The summed E-state index contributed by atoms with van der Waals surface area (Å²) in [4.78, 5) is 0. The van der Waals surface area contributed by atoms with Crippen molar-refractivity contribution in [2.45, 2.75) is 27.4 Å². The van der Waals surface area contributed by atoms with E-state index >= 15 is 0 Å². The van der Waals surface area contributed by atoms with Gasteiger partial charge in [-0.15, -0.1) is 0 Å². The molecule has 0 aliphatic heterocycles. The summed E-state index contributed by atoms with van der Waals surface area (Å²) in [5, 5.41) is 7.45. The number of ether oxygens (including phenoxy) is 1. The lowest BCUT2D eigenvalue weighted by atomic mass is 10.1. The zero-order valence-electron chi connectivity index (χ0n) is 12.5. The Hall–Kier alpha value is -1.81. The van der Waals surface area contributed by atoms with Gasteiger partial charge in [-0.25, -0.2) is 0 Å². The highest BCUT2D eigenvalue weighted by Gasteiger charge is 2.06. The second-order valence-corrected chi connectivity index (χ2v) is 6.01. The van der Waals surface area contributed by atoms with E-state index in [0.717, 1.165) is 38.0 Å². The fourth-order valence-electron chi connectivity index (χ4n) is 2.18. The van der Waals surface area contributed by atoms with Gasteiger partial charge in [-0.2, -0.15) is 0 Å². The van der Waals surface area contributed by atoms with Crippen LogP contribution in [0.1, 0.15) is 27.8 Å². The summed E-state index contributed by atoms with van der Waals surface area (Å²) in [6, 6.07) is 9.78. The maximum Gasteiger partial charge on any atom is 0.122 e. The predicted octanol–water partition coefficient (Wildman–Crippen LogP) is 4.24. The molecule has 110 valence electrons. The highest BCUT2D eigenvalue weighted by Crippen LogP contribution is 2.27. The van der Waals surface area contributed by atoms with E-state index < -0.39 is 0 Å².